The molecule has 0 saturated heterocycles. The molecule has 0 N–H and O–H groups in total. The molecular formula is C14H15ClN2O. The number of aromatic nitrogens is 2. The van der Waals surface area contributed by atoms with E-state index in [1.54, 1.807) is 13.2 Å². The number of aryl methyl sites for hydroxylation is 1. The van der Waals surface area contributed by atoms with Gasteiger partial charge in [-0.15, -0.1) is 0 Å². The van der Waals surface area contributed by atoms with Crippen molar-refractivity contribution in [1.29, 1.82) is 0 Å². The van der Waals surface area contributed by atoms with E-state index in [9.17, 15) is 0 Å². The van der Waals surface area contributed by atoms with Crippen LogP contribution >= 0.6 is 11.6 Å². The summed E-state index contributed by atoms with van der Waals surface area (Å²) in [7, 11) is 1.63. The fraction of sp³-hybridized carbons (Fsp3) is 0.286. The van der Waals surface area contributed by atoms with Crippen LogP contribution in [0.4, 0.5) is 0 Å². The van der Waals surface area contributed by atoms with Gasteiger partial charge in [0.05, 0.1) is 5.69 Å². The molecule has 0 unspecified atom stereocenters. The number of ether oxygens (including phenoxy) is 1. The van der Waals surface area contributed by atoms with Crippen molar-refractivity contribution in [3.63, 3.8) is 0 Å². The summed E-state index contributed by atoms with van der Waals surface area (Å²) in [6, 6.07) is 9.83. The lowest BCUT2D eigenvalue weighted by Crippen LogP contribution is -2.04. The lowest BCUT2D eigenvalue weighted by molar-refractivity contribution is 0.112. The van der Waals surface area contributed by atoms with Crippen molar-refractivity contribution < 1.29 is 4.74 Å². The number of rotatable bonds is 3. The van der Waals surface area contributed by atoms with Gasteiger partial charge in [0.1, 0.15) is 11.3 Å². The number of hydrogen-bond donors (Lipinski definition) is 0. The molecule has 1 aromatic carbocycles. The molecule has 4 heteroatoms. The third-order valence-electron chi connectivity index (χ3n) is 2.85. The molecule has 0 aliphatic carbocycles. The molecule has 1 atom stereocenters. The Hall–Kier alpha value is -1.45. The molecular weight excluding hydrogens is 248 g/mol. The van der Waals surface area contributed by atoms with Crippen LogP contribution in [0.1, 0.15) is 24.4 Å². The quantitative estimate of drug-likeness (QED) is 0.789. The highest BCUT2D eigenvalue weighted by atomic mass is 35.5. The van der Waals surface area contributed by atoms with E-state index in [4.69, 9.17) is 16.3 Å². The van der Waals surface area contributed by atoms with E-state index in [0.29, 0.717) is 11.0 Å². The van der Waals surface area contributed by atoms with Crippen molar-refractivity contribution in [2.45, 2.75) is 20.0 Å². The number of nitrogens with zero attached hydrogens (tertiary/aromatic N) is 2. The Kier molecular flexibility index (Phi) is 3.94. The Labute approximate surface area is 112 Å². The summed E-state index contributed by atoms with van der Waals surface area (Å²) in [6.45, 7) is 3.94. The monoisotopic (exact) mass is 262 g/mol. The van der Waals surface area contributed by atoms with Crippen molar-refractivity contribution in [1.82, 2.24) is 9.97 Å². The van der Waals surface area contributed by atoms with Crippen LogP contribution in [0, 0.1) is 6.92 Å². The minimum Gasteiger partial charge on any atom is -0.374 e. The molecule has 1 aromatic heterocycles. The fourth-order valence-corrected chi connectivity index (χ4v) is 1.91. The maximum absolute atomic E-state index is 6.05. The maximum atomic E-state index is 6.05. The topological polar surface area (TPSA) is 35.0 Å². The second-order valence-corrected chi connectivity index (χ2v) is 4.51. The van der Waals surface area contributed by atoms with Gasteiger partial charge in [0, 0.05) is 18.7 Å². The second-order valence-electron chi connectivity index (χ2n) is 4.13. The Morgan fingerprint density at radius 1 is 1.22 bits per heavy atom. The molecule has 94 valence electrons. The zero-order chi connectivity index (χ0) is 13.1. The molecule has 0 bridgehead atoms. The highest BCUT2D eigenvalue weighted by molar-refractivity contribution is 6.29. The Morgan fingerprint density at radius 3 is 2.61 bits per heavy atom. The zero-order valence-electron chi connectivity index (χ0n) is 10.6. The van der Waals surface area contributed by atoms with Crippen LogP contribution in [-0.4, -0.2) is 17.1 Å². The Balaban J connectivity index is 2.52. The average Bonchev–Trinajstić information content (AvgIpc) is 2.37. The molecule has 0 spiro atoms. The molecule has 0 radical (unpaired) electrons. The van der Waals surface area contributed by atoms with E-state index >= 15 is 0 Å². The molecule has 0 saturated carbocycles. The van der Waals surface area contributed by atoms with E-state index in [0.717, 1.165) is 16.8 Å². The lowest BCUT2D eigenvalue weighted by Gasteiger charge is -2.11. The first-order chi connectivity index (χ1) is 8.61. The van der Waals surface area contributed by atoms with Gasteiger partial charge < -0.3 is 4.74 Å². The number of methoxy groups -OCH3 is 1. The molecule has 18 heavy (non-hydrogen) atoms. The van der Waals surface area contributed by atoms with Crippen molar-refractivity contribution in [2.24, 2.45) is 0 Å². The third kappa shape index (κ3) is 2.68. The van der Waals surface area contributed by atoms with Gasteiger partial charge in [0.2, 0.25) is 0 Å². The molecule has 0 aliphatic heterocycles. The number of halogens is 1. The number of benzene rings is 1. The smallest absolute Gasteiger partial charge is 0.159 e. The van der Waals surface area contributed by atoms with Gasteiger partial charge in [-0.25, -0.2) is 9.97 Å². The minimum atomic E-state index is -0.175. The third-order valence-corrected chi connectivity index (χ3v) is 3.04. The normalized spacial score (nSPS) is 12.4. The molecule has 3 nitrogen and oxygen atoms in total. The first-order valence-corrected chi connectivity index (χ1v) is 6.13. The first kappa shape index (κ1) is 13.0. The van der Waals surface area contributed by atoms with Crippen molar-refractivity contribution in [3.8, 4) is 11.3 Å². The van der Waals surface area contributed by atoms with E-state index < -0.39 is 0 Å². The lowest BCUT2D eigenvalue weighted by atomic mass is 10.1. The van der Waals surface area contributed by atoms with Crippen LogP contribution in [0.25, 0.3) is 11.3 Å². The Bertz CT molecular complexity index is 557. The highest BCUT2D eigenvalue weighted by Crippen LogP contribution is 2.25. The van der Waals surface area contributed by atoms with E-state index in [1.807, 2.05) is 38.1 Å². The summed E-state index contributed by atoms with van der Waals surface area (Å²) >= 11 is 6.05. The molecule has 2 aromatic rings. The molecule has 0 fully saturated rings. The summed E-state index contributed by atoms with van der Waals surface area (Å²) in [5, 5.41) is 0.433. The largest absolute Gasteiger partial charge is 0.374 e. The molecule has 0 aliphatic rings. The summed E-state index contributed by atoms with van der Waals surface area (Å²) in [5.41, 5.74) is 3.04. The van der Waals surface area contributed by atoms with Gasteiger partial charge >= 0.3 is 0 Å². The molecule has 1 heterocycles. The van der Waals surface area contributed by atoms with E-state index in [-0.39, 0.29) is 6.10 Å². The summed E-state index contributed by atoms with van der Waals surface area (Å²) in [5.74, 6) is 0.600. The highest BCUT2D eigenvalue weighted by Gasteiger charge is 2.12. The van der Waals surface area contributed by atoms with Gasteiger partial charge in [-0.2, -0.15) is 0 Å². The predicted molar refractivity (Wildman–Crippen MR) is 72.6 cm³/mol. The van der Waals surface area contributed by atoms with Crippen LogP contribution in [-0.2, 0) is 4.74 Å². The van der Waals surface area contributed by atoms with Crippen LogP contribution in [0.3, 0.4) is 0 Å². The summed E-state index contributed by atoms with van der Waals surface area (Å²) in [4.78, 5) is 8.70. The standard InChI is InChI=1S/C14H15ClN2O/c1-9-6-4-5-7-11(9)12-8-13(15)17-14(16-12)10(2)18-3/h4-8,10H,1-3H3/t10-/m1/s1. The summed E-state index contributed by atoms with van der Waals surface area (Å²) < 4.78 is 5.23. The van der Waals surface area contributed by atoms with Crippen molar-refractivity contribution in [2.75, 3.05) is 7.11 Å². The van der Waals surface area contributed by atoms with Crippen LogP contribution < -0.4 is 0 Å². The van der Waals surface area contributed by atoms with Crippen molar-refractivity contribution in [3.05, 3.63) is 46.9 Å². The van der Waals surface area contributed by atoms with Gasteiger partial charge in [-0.3, -0.25) is 0 Å². The van der Waals surface area contributed by atoms with Gasteiger partial charge in [0.15, 0.2) is 5.82 Å². The molecule has 2 rings (SSSR count). The fourth-order valence-electron chi connectivity index (χ4n) is 1.72. The SMILES string of the molecule is CO[C@H](C)c1nc(Cl)cc(-c2ccccc2C)n1. The predicted octanol–water partition coefficient (Wildman–Crippen LogP) is 3.81. The van der Waals surface area contributed by atoms with E-state index in [1.165, 1.54) is 0 Å². The first-order valence-electron chi connectivity index (χ1n) is 5.75. The Morgan fingerprint density at radius 2 is 1.94 bits per heavy atom. The minimum absolute atomic E-state index is 0.175. The average molecular weight is 263 g/mol. The van der Waals surface area contributed by atoms with Crippen LogP contribution in [0.2, 0.25) is 5.15 Å². The van der Waals surface area contributed by atoms with Gasteiger partial charge in [-0.1, -0.05) is 35.9 Å². The number of hydrogen-bond acceptors (Lipinski definition) is 3. The zero-order valence-corrected chi connectivity index (χ0v) is 11.4. The van der Waals surface area contributed by atoms with Gasteiger partial charge in [-0.05, 0) is 19.4 Å². The maximum Gasteiger partial charge on any atom is 0.159 e. The second kappa shape index (κ2) is 5.46. The van der Waals surface area contributed by atoms with Crippen LogP contribution in [0.15, 0.2) is 30.3 Å². The van der Waals surface area contributed by atoms with E-state index in [2.05, 4.69) is 9.97 Å². The van der Waals surface area contributed by atoms with Crippen molar-refractivity contribution >= 4 is 11.6 Å². The van der Waals surface area contributed by atoms with Crippen LogP contribution in [0.5, 0.6) is 0 Å². The summed E-state index contributed by atoms with van der Waals surface area (Å²) in [6.07, 6.45) is -0.175. The molecule has 0 amide bonds. The van der Waals surface area contributed by atoms with Gasteiger partial charge in [0.25, 0.3) is 0 Å².